The SMILES string of the molecule is N#CC(CC1CCOCC1)c1ccccn1. The maximum absolute atomic E-state index is 9.19. The third-order valence-electron chi connectivity index (χ3n) is 3.11. The van der Waals surface area contributed by atoms with Crippen molar-refractivity contribution in [3.05, 3.63) is 30.1 Å². The van der Waals surface area contributed by atoms with Gasteiger partial charge < -0.3 is 4.74 Å². The average Bonchev–Trinajstić information content (AvgIpc) is 2.38. The average molecular weight is 216 g/mol. The van der Waals surface area contributed by atoms with Gasteiger partial charge in [0.1, 0.15) is 0 Å². The van der Waals surface area contributed by atoms with E-state index in [9.17, 15) is 5.26 Å². The van der Waals surface area contributed by atoms with Gasteiger partial charge >= 0.3 is 0 Å². The van der Waals surface area contributed by atoms with Crippen LogP contribution in [0.3, 0.4) is 0 Å². The molecule has 0 bridgehead atoms. The standard InChI is InChI=1S/C13H16N2O/c14-10-12(13-3-1-2-6-15-13)9-11-4-7-16-8-5-11/h1-3,6,11-12H,4-5,7-9H2. The van der Waals surface area contributed by atoms with Crippen molar-refractivity contribution in [1.82, 2.24) is 4.98 Å². The van der Waals surface area contributed by atoms with Crippen LogP contribution < -0.4 is 0 Å². The van der Waals surface area contributed by atoms with Crippen LogP contribution in [0.4, 0.5) is 0 Å². The number of nitrogens with zero attached hydrogens (tertiary/aromatic N) is 2. The number of hydrogen-bond acceptors (Lipinski definition) is 3. The summed E-state index contributed by atoms with van der Waals surface area (Å²) >= 11 is 0. The molecule has 0 aromatic carbocycles. The highest BCUT2D eigenvalue weighted by Crippen LogP contribution is 2.27. The quantitative estimate of drug-likeness (QED) is 0.779. The molecule has 2 rings (SSSR count). The van der Waals surface area contributed by atoms with E-state index in [1.54, 1.807) is 6.20 Å². The Morgan fingerprint density at radius 1 is 1.44 bits per heavy atom. The monoisotopic (exact) mass is 216 g/mol. The molecule has 3 nitrogen and oxygen atoms in total. The molecule has 1 aliphatic heterocycles. The van der Waals surface area contributed by atoms with Crippen LogP contribution in [-0.2, 0) is 4.74 Å². The van der Waals surface area contributed by atoms with E-state index in [4.69, 9.17) is 4.74 Å². The van der Waals surface area contributed by atoms with Crippen molar-refractivity contribution in [2.75, 3.05) is 13.2 Å². The first-order chi connectivity index (χ1) is 7.90. The Kier molecular flexibility index (Phi) is 3.90. The lowest BCUT2D eigenvalue weighted by atomic mass is 9.88. The molecule has 2 heterocycles. The highest BCUT2D eigenvalue weighted by molar-refractivity contribution is 5.16. The topological polar surface area (TPSA) is 45.9 Å². The summed E-state index contributed by atoms with van der Waals surface area (Å²) in [6.45, 7) is 1.68. The summed E-state index contributed by atoms with van der Waals surface area (Å²) < 4.78 is 5.32. The molecule has 3 heteroatoms. The summed E-state index contributed by atoms with van der Waals surface area (Å²) in [5, 5.41) is 9.19. The smallest absolute Gasteiger partial charge is 0.0887 e. The van der Waals surface area contributed by atoms with Crippen LogP contribution >= 0.6 is 0 Å². The normalized spacial score (nSPS) is 18.9. The molecule has 0 spiro atoms. The Morgan fingerprint density at radius 2 is 2.25 bits per heavy atom. The van der Waals surface area contributed by atoms with Crippen molar-refractivity contribution in [2.24, 2.45) is 5.92 Å². The molecule has 1 fully saturated rings. The molecule has 1 aliphatic rings. The van der Waals surface area contributed by atoms with Gasteiger partial charge in [0, 0.05) is 19.4 Å². The lowest BCUT2D eigenvalue weighted by molar-refractivity contribution is 0.0629. The third kappa shape index (κ3) is 2.80. The first-order valence-electron chi connectivity index (χ1n) is 5.78. The van der Waals surface area contributed by atoms with Gasteiger partial charge in [0.2, 0.25) is 0 Å². The van der Waals surface area contributed by atoms with Crippen LogP contribution in [0.25, 0.3) is 0 Å². The minimum Gasteiger partial charge on any atom is -0.381 e. The molecule has 0 radical (unpaired) electrons. The van der Waals surface area contributed by atoms with E-state index in [0.717, 1.165) is 38.2 Å². The second kappa shape index (κ2) is 5.62. The molecule has 1 saturated heterocycles. The second-order valence-electron chi connectivity index (χ2n) is 4.23. The van der Waals surface area contributed by atoms with Gasteiger partial charge in [-0.05, 0) is 37.3 Å². The predicted octanol–water partition coefficient (Wildman–Crippen LogP) is 2.51. The third-order valence-corrected chi connectivity index (χ3v) is 3.11. The van der Waals surface area contributed by atoms with Gasteiger partial charge in [-0.1, -0.05) is 6.07 Å². The van der Waals surface area contributed by atoms with E-state index in [1.807, 2.05) is 18.2 Å². The minimum absolute atomic E-state index is 0.0655. The number of ether oxygens (including phenoxy) is 1. The number of pyridine rings is 1. The van der Waals surface area contributed by atoms with Gasteiger partial charge in [0.25, 0.3) is 0 Å². The largest absolute Gasteiger partial charge is 0.381 e. The maximum Gasteiger partial charge on any atom is 0.0887 e. The maximum atomic E-state index is 9.19. The van der Waals surface area contributed by atoms with Gasteiger partial charge in [-0.15, -0.1) is 0 Å². The summed E-state index contributed by atoms with van der Waals surface area (Å²) in [6.07, 6.45) is 4.82. The van der Waals surface area contributed by atoms with Gasteiger partial charge in [-0.2, -0.15) is 5.26 Å². The van der Waals surface area contributed by atoms with E-state index in [-0.39, 0.29) is 5.92 Å². The molecule has 84 valence electrons. The second-order valence-corrected chi connectivity index (χ2v) is 4.23. The number of aromatic nitrogens is 1. The van der Waals surface area contributed by atoms with Gasteiger partial charge in [-0.25, -0.2) is 0 Å². The zero-order chi connectivity index (χ0) is 11.2. The zero-order valence-electron chi connectivity index (χ0n) is 9.30. The van der Waals surface area contributed by atoms with Crippen LogP contribution in [0.5, 0.6) is 0 Å². The van der Waals surface area contributed by atoms with Crippen LogP contribution in [-0.4, -0.2) is 18.2 Å². The molecule has 0 saturated carbocycles. The molecule has 1 unspecified atom stereocenters. The number of nitriles is 1. The van der Waals surface area contributed by atoms with E-state index >= 15 is 0 Å². The molecule has 0 amide bonds. The lowest BCUT2D eigenvalue weighted by Crippen LogP contribution is -2.18. The molecule has 16 heavy (non-hydrogen) atoms. The molecule has 0 N–H and O–H groups in total. The zero-order valence-corrected chi connectivity index (χ0v) is 9.30. The first-order valence-corrected chi connectivity index (χ1v) is 5.78. The fourth-order valence-electron chi connectivity index (χ4n) is 2.14. The Morgan fingerprint density at radius 3 is 2.88 bits per heavy atom. The minimum atomic E-state index is -0.0655. The Balaban J connectivity index is 1.98. The summed E-state index contributed by atoms with van der Waals surface area (Å²) in [6, 6.07) is 8.12. The number of rotatable bonds is 3. The molecule has 1 atom stereocenters. The van der Waals surface area contributed by atoms with E-state index < -0.39 is 0 Å². The fraction of sp³-hybridized carbons (Fsp3) is 0.538. The van der Waals surface area contributed by atoms with Crippen molar-refractivity contribution in [1.29, 1.82) is 5.26 Å². The molecule has 0 aliphatic carbocycles. The van der Waals surface area contributed by atoms with Crippen molar-refractivity contribution >= 4 is 0 Å². The van der Waals surface area contributed by atoms with Crippen LogP contribution in [0.15, 0.2) is 24.4 Å². The highest BCUT2D eigenvalue weighted by atomic mass is 16.5. The summed E-state index contributed by atoms with van der Waals surface area (Å²) in [5.74, 6) is 0.546. The summed E-state index contributed by atoms with van der Waals surface area (Å²) in [5.41, 5.74) is 0.900. The van der Waals surface area contributed by atoms with E-state index in [0.29, 0.717) is 5.92 Å². The Bertz CT molecular complexity index is 352. The Labute approximate surface area is 96.1 Å². The van der Waals surface area contributed by atoms with Crippen LogP contribution in [0, 0.1) is 17.2 Å². The van der Waals surface area contributed by atoms with Crippen LogP contribution in [0.2, 0.25) is 0 Å². The van der Waals surface area contributed by atoms with E-state index in [1.165, 1.54) is 0 Å². The van der Waals surface area contributed by atoms with Gasteiger partial charge in [0.15, 0.2) is 0 Å². The molecule has 1 aromatic heterocycles. The fourth-order valence-corrected chi connectivity index (χ4v) is 2.14. The predicted molar refractivity (Wildman–Crippen MR) is 60.8 cm³/mol. The highest BCUT2D eigenvalue weighted by Gasteiger charge is 2.20. The van der Waals surface area contributed by atoms with Gasteiger partial charge in [0.05, 0.1) is 17.7 Å². The summed E-state index contributed by atoms with van der Waals surface area (Å²) in [7, 11) is 0. The lowest BCUT2D eigenvalue weighted by Gasteiger charge is -2.23. The molecular weight excluding hydrogens is 200 g/mol. The first kappa shape index (κ1) is 11.1. The van der Waals surface area contributed by atoms with Crippen molar-refractivity contribution in [3.63, 3.8) is 0 Å². The van der Waals surface area contributed by atoms with Crippen molar-refractivity contribution < 1.29 is 4.74 Å². The van der Waals surface area contributed by atoms with Gasteiger partial charge in [-0.3, -0.25) is 4.98 Å². The molecule has 1 aromatic rings. The van der Waals surface area contributed by atoms with Crippen LogP contribution in [0.1, 0.15) is 30.9 Å². The number of hydrogen-bond donors (Lipinski definition) is 0. The van der Waals surface area contributed by atoms with Crippen molar-refractivity contribution in [3.8, 4) is 6.07 Å². The van der Waals surface area contributed by atoms with Crippen molar-refractivity contribution in [2.45, 2.75) is 25.2 Å². The molecular formula is C13H16N2O. The Hall–Kier alpha value is -1.40. The van der Waals surface area contributed by atoms with E-state index in [2.05, 4.69) is 11.1 Å². The summed E-state index contributed by atoms with van der Waals surface area (Å²) in [4.78, 5) is 4.26.